The second-order valence-electron chi connectivity index (χ2n) is 12.0. The van der Waals surface area contributed by atoms with Crippen LogP contribution in [0, 0.1) is 42.9 Å². The smallest absolute Gasteiger partial charge is 0.238 e. The number of aryl methyl sites for hydroxylation is 2. The number of carbonyl (C=O) groups is 4. The molecule has 0 aromatic heterocycles. The molecule has 6 nitrogen and oxygen atoms in total. The third-order valence-electron chi connectivity index (χ3n) is 9.33. The highest BCUT2D eigenvalue weighted by atomic mass is 16.2. The number of imide groups is 2. The van der Waals surface area contributed by atoms with Gasteiger partial charge in [-0.05, 0) is 67.9 Å². The van der Waals surface area contributed by atoms with Crippen LogP contribution in [0.3, 0.4) is 0 Å². The topological polar surface area (TPSA) is 74.8 Å². The molecule has 0 radical (unpaired) electrons. The van der Waals surface area contributed by atoms with Crippen molar-refractivity contribution in [3.05, 3.63) is 108 Å². The average Bonchev–Trinajstić information content (AvgIpc) is 3.56. The molecule has 1 aliphatic carbocycles. The highest BCUT2D eigenvalue weighted by Crippen LogP contribution is 2.55. The molecule has 6 rings (SSSR count). The second kappa shape index (κ2) is 10.3. The molecule has 2 saturated heterocycles. The fourth-order valence-corrected chi connectivity index (χ4v) is 7.02. The van der Waals surface area contributed by atoms with Gasteiger partial charge in [-0.1, -0.05) is 84.8 Å². The summed E-state index contributed by atoms with van der Waals surface area (Å²) in [6.07, 6.45) is 5.48. The van der Waals surface area contributed by atoms with Crippen LogP contribution >= 0.6 is 0 Å². The number of hydrogen-bond donors (Lipinski definition) is 0. The molecule has 4 amide bonds. The molecule has 0 N–H and O–H groups in total. The monoisotopic (exact) mass is 546 g/mol. The van der Waals surface area contributed by atoms with Gasteiger partial charge >= 0.3 is 0 Å². The Labute approximate surface area is 240 Å². The van der Waals surface area contributed by atoms with Gasteiger partial charge in [0, 0.05) is 6.42 Å². The Morgan fingerprint density at radius 3 is 1.93 bits per heavy atom. The summed E-state index contributed by atoms with van der Waals surface area (Å²) in [6.45, 7) is 5.96. The maximum Gasteiger partial charge on any atom is 0.238 e. The fraction of sp³-hybridized carbons (Fsp3) is 0.314. The first-order valence-corrected chi connectivity index (χ1v) is 14.3. The molecule has 41 heavy (non-hydrogen) atoms. The first kappa shape index (κ1) is 26.9. The van der Waals surface area contributed by atoms with Gasteiger partial charge in [0.1, 0.15) is 0 Å². The van der Waals surface area contributed by atoms with Crippen molar-refractivity contribution < 1.29 is 19.2 Å². The van der Waals surface area contributed by atoms with Gasteiger partial charge in [0.15, 0.2) is 0 Å². The predicted octanol–water partition coefficient (Wildman–Crippen LogP) is 5.81. The van der Waals surface area contributed by atoms with Gasteiger partial charge in [0.2, 0.25) is 23.6 Å². The lowest BCUT2D eigenvalue weighted by Crippen LogP contribution is -2.43. The molecule has 5 atom stereocenters. The molecule has 3 aromatic rings. The summed E-state index contributed by atoms with van der Waals surface area (Å²) < 4.78 is 0. The minimum atomic E-state index is -0.932. The Morgan fingerprint density at radius 2 is 1.32 bits per heavy atom. The predicted molar refractivity (Wildman–Crippen MR) is 158 cm³/mol. The molecular weight excluding hydrogens is 512 g/mol. The highest BCUT2D eigenvalue weighted by Gasteiger charge is 2.63. The fourth-order valence-electron chi connectivity index (χ4n) is 7.02. The Hall–Kier alpha value is -4.32. The maximum atomic E-state index is 14.4. The van der Waals surface area contributed by atoms with Gasteiger partial charge in [-0.3, -0.25) is 29.0 Å². The first-order chi connectivity index (χ1) is 19.7. The van der Waals surface area contributed by atoms with Crippen molar-refractivity contribution in [2.24, 2.45) is 29.1 Å². The third-order valence-corrected chi connectivity index (χ3v) is 9.33. The lowest BCUT2D eigenvalue weighted by atomic mass is 9.61. The molecule has 6 heteroatoms. The summed E-state index contributed by atoms with van der Waals surface area (Å²) in [5.74, 6) is -4.03. The molecule has 3 aliphatic rings. The second-order valence-corrected chi connectivity index (χ2v) is 12.0. The molecule has 0 saturated carbocycles. The van der Waals surface area contributed by atoms with E-state index in [1.807, 2.05) is 56.3 Å². The van der Waals surface area contributed by atoms with Crippen molar-refractivity contribution in [2.45, 2.75) is 40.0 Å². The summed E-state index contributed by atoms with van der Waals surface area (Å²) in [6, 6.07) is 24.6. The molecule has 0 spiro atoms. The minimum absolute atomic E-state index is 0.00692. The first-order valence-electron chi connectivity index (χ1n) is 14.3. The van der Waals surface area contributed by atoms with Crippen LogP contribution < -0.4 is 9.80 Å². The van der Waals surface area contributed by atoms with Gasteiger partial charge in [-0.2, -0.15) is 0 Å². The quantitative estimate of drug-likeness (QED) is 0.289. The van der Waals surface area contributed by atoms with E-state index in [1.165, 1.54) is 9.80 Å². The van der Waals surface area contributed by atoms with E-state index in [0.29, 0.717) is 17.8 Å². The van der Waals surface area contributed by atoms with Crippen LogP contribution in [0.1, 0.15) is 36.5 Å². The van der Waals surface area contributed by atoms with Crippen molar-refractivity contribution in [1.29, 1.82) is 0 Å². The molecule has 0 bridgehead atoms. The zero-order valence-electron chi connectivity index (χ0n) is 23.6. The molecule has 5 unspecified atom stereocenters. The number of nitrogens with zero attached hydrogens (tertiary/aromatic N) is 2. The maximum absolute atomic E-state index is 14.4. The van der Waals surface area contributed by atoms with Crippen LogP contribution in [0.25, 0.3) is 0 Å². The third kappa shape index (κ3) is 4.51. The lowest BCUT2D eigenvalue weighted by molar-refractivity contribution is -0.132. The number of rotatable bonds is 6. The van der Waals surface area contributed by atoms with Crippen molar-refractivity contribution in [1.82, 2.24) is 0 Å². The lowest BCUT2D eigenvalue weighted by Gasteiger charge is -2.39. The Balaban J connectivity index is 1.41. The molecule has 2 aliphatic heterocycles. The van der Waals surface area contributed by atoms with E-state index in [1.54, 1.807) is 24.3 Å². The average molecular weight is 547 g/mol. The van der Waals surface area contributed by atoms with Crippen molar-refractivity contribution >= 4 is 35.0 Å². The number of anilines is 2. The van der Waals surface area contributed by atoms with Crippen LogP contribution in [0.2, 0.25) is 0 Å². The Bertz CT molecular complexity index is 1540. The van der Waals surface area contributed by atoms with Gasteiger partial charge in [0.05, 0.1) is 29.1 Å². The largest absolute Gasteiger partial charge is 0.274 e. The number of allylic oxidation sites excluding steroid dienone is 2. The van der Waals surface area contributed by atoms with Crippen LogP contribution in [0.15, 0.2) is 91.0 Å². The van der Waals surface area contributed by atoms with Gasteiger partial charge in [0.25, 0.3) is 0 Å². The number of carbonyl (C=O) groups excluding carboxylic acids is 4. The van der Waals surface area contributed by atoms with Crippen LogP contribution in [-0.4, -0.2) is 23.6 Å². The SMILES string of the molecule is Cc1ccc(N2C(=O)CC(C3C(=O)N(c4ccc(C)cc4)C(=O)C3C3(C)CC=CC3Cc3ccccc3)C2=O)cc1. The van der Waals surface area contributed by atoms with E-state index >= 15 is 0 Å². The standard InChI is InChI=1S/C35H34N2O4/c1-22-11-15-26(16-12-22)36-29(38)21-28(32(36)39)30-31(34(41)37(33(30)40)27-17-13-23(2)14-18-27)35(3)19-7-10-25(35)20-24-8-5-4-6-9-24/h4-18,25,28,30-31H,19-21H2,1-3H3. The van der Waals surface area contributed by atoms with Crippen LogP contribution in [-0.2, 0) is 25.6 Å². The molecule has 2 heterocycles. The van der Waals surface area contributed by atoms with E-state index in [4.69, 9.17) is 0 Å². The Kier molecular flexibility index (Phi) is 6.72. The van der Waals surface area contributed by atoms with E-state index in [0.717, 1.165) is 23.1 Å². The minimum Gasteiger partial charge on any atom is -0.274 e. The summed E-state index contributed by atoms with van der Waals surface area (Å²) in [7, 11) is 0. The zero-order chi connectivity index (χ0) is 28.9. The van der Waals surface area contributed by atoms with E-state index in [2.05, 4.69) is 31.2 Å². The highest BCUT2D eigenvalue weighted by molar-refractivity contribution is 6.27. The van der Waals surface area contributed by atoms with Gasteiger partial charge in [-0.25, -0.2) is 0 Å². The molecule has 2 fully saturated rings. The summed E-state index contributed by atoms with van der Waals surface area (Å²) in [5.41, 5.74) is 3.57. The molecule has 3 aromatic carbocycles. The molecular formula is C35H34N2O4. The van der Waals surface area contributed by atoms with Gasteiger partial charge in [-0.15, -0.1) is 0 Å². The van der Waals surface area contributed by atoms with E-state index in [9.17, 15) is 19.2 Å². The van der Waals surface area contributed by atoms with Crippen molar-refractivity contribution in [3.63, 3.8) is 0 Å². The summed E-state index contributed by atoms with van der Waals surface area (Å²) in [5, 5.41) is 0. The number of amides is 4. The van der Waals surface area contributed by atoms with E-state index < -0.39 is 35.0 Å². The normalized spacial score (nSPS) is 27.9. The van der Waals surface area contributed by atoms with Crippen LogP contribution in [0.4, 0.5) is 11.4 Å². The summed E-state index contributed by atoms with van der Waals surface area (Å²) in [4.78, 5) is 58.5. The van der Waals surface area contributed by atoms with Crippen molar-refractivity contribution in [2.75, 3.05) is 9.80 Å². The van der Waals surface area contributed by atoms with Gasteiger partial charge < -0.3 is 0 Å². The zero-order valence-corrected chi connectivity index (χ0v) is 23.6. The Morgan fingerprint density at radius 1 is 0.732 bits per heavy atom. The summed E-state index contributed by atoms with van der Waals surface area (Å²) >= 11 is 0. The number of hydrogen-bond acceptors (Lipinski definition) is 4. The van der Waals surface area contributed by atoms with Crippen molar-refractivity contribution in [3.8, 4) is 0 Å². The van der Waals surface area contributed by atoms with E-state index in [-0.39, 0.29) is 24.2 Å². The number of benzene rings is 3. The van der Waals surface area contributed by atoms with Crippen LogP contribution in [0.5, 0.6) is 0 Å². The molecule has 208 valence electrons.